The van der Waals surface area contributed by atoms with Crippen molar-refractivity contribution in [2.24, 2.45) is 0 Å². The van der Waals surface area contributed by atoms with E-state index in [-0.39, 0.29) is 6.42 Å². The molecule has 2 rings (SSSR count). The SMILES string of the molecule is COc1cccc(NC(=O)CC(=O)Nc2cccc(C#N)c2)c1. The lowest BCUT2D eigenvalue weighted by Crippen LogP contribution is -2.21. The second kappa shape index (κ2) is 7.61. The molecule has 23 heavy (non-hydrogen) atoms. The molecular formula is C17H15N3O3. The number of rotatable bonds is 5. The number of hydrogen-bond donors (Lipinski definition) is 2. The summed E-state index contributed by atoms with van der Waals surface area (Å²) in [5.41, 5.74) is 1.46. The van der Waals surface area contributed by atoms with Crippen LogP contribution in [-0.4, -0.2) is 18.9 Å². The lowest BCUT2D eigenvalue weighted by Gasteiger charge is -2.08. The van der Waals surface area contributed by atoms with E-state index in [1.807, 2.05) is 6.07 Å². The van der Waals surface area contributed by atoms with Crippen LogP contribution in [0.25, 0.3) is 0 Å². The highest BCUT2D eigenvalue weighted by Crippen LogP contribution is 2.17. The molecule has 0 atom stereocenters. The summed E-state index contributed by atoms with van der Waals surface area (Å²) < 4.78 is 5.06. The van der Waals surface area contributed by atoms with E-state index in [1.54, 1.807) is 42.5 Å². The number of methoxy groups -OCH3 is 1. The summed E-state index contributed by atoms with van der Waals surface area (Å²) in [6.45, 7) is 0. The van der Waals surface area contributed by atoms with Gasteiger partial charge in [-0.05, 0) is 30.3 Å². The molecule has 0 bridgehead atoms. The molecule has 0 heterocycles. The fourth-order valence-corrected chi connectivity index (χ4v) is 1.92. The quantitative estimate of drug-likeness (QED) is 0.830. The Bertz CT molecular complexity index is 766. The first kappa shape index (κ1) is 16.0. The summed E-state index contributed by atoms with van der Waals surface area (Å²) in [7, 11) is 1.53. The van der Waals surface area contributed by atoms with Crippen molar-refractivity contribution < 1.29 is 14.3 Å². The molecule has 2 amide bonds. The first-order valence-corrected chi connectivity index (χ1v) is 6.84. The van der Waals surface area contributed by atoms with Crippen LogP contribution in [0.4, 0.5) is 11.4 Å². The Kier molecular flexibility index (Phi) is 5.31. The van der Waals surface area contributed by atoms with Crippen LogP contribution in [0.1, 0.15) is 12.0 Å². The molecule has 2 N–H and O–H groups in total. The van der Waals surface area contributed by atoms with Gasteiger partial charge in [0.2, 0.25) is 11.8 Å². The van der Waals surface area contributed by atoms with Crippen LogP contribution in [0.3, 0.4) is 0 Å². The molecule has 0 aliphatic heterocycles. The zero-order chi connectivity index (χ0) is 16.7. The molecule has 116 valence electrons. The lowest BCUT2D eigenvalue weighted by molar-refractivity contribution is -0.123. The van der Waals surface area contributed by atoms with Crippen molar-refractivity contribution in [3.05, 3.63) is 54.1 Å². The van der Waals surface area contributed by atoms with Crippen molar-refractivity contribution in [3.63, 3.8) is 0 Å². The average molecular weight is 309 g/mol. The van der Waals surface area contributed by atoms with Crippen molar-refractivity contribution >= 4 is 23.2 Å². The fraction of sp³-hybridized carbons (Fsp3) is 0.118. The Balaban J connectivity index is 1.91. The average Bonchev–Trinajstić information content (AvgIpc) is 2.54. The minimum Gasteiger partial charge on any atom is -0.497 e. The molecule has 2 aromatic carbocycles. The monoisotopic (exact) mass is 309 g/mol. The largest absolute Gasteiger partial charge is 0.497 e. The van der Waals surface area contributed by atoms with Crippen LogP contribution in [0.5, 0.6) is 5.75 Å². The van der Waals surface area contributed by atoms with Crippen molar-refractivity contribution in [2.75, 3.05) is 17.7 Å². The zero-order valence-corrected chi connectivity index (χ0v) is 12.5. The van der Waals surface area contributed by atoms with Gasteiger partial charge in [0.1, 0.15) is 12.2 Å². The number of hydrogen-bond acceptors (Lipinski definition) is 4. The van der Waals surface area contributed by atoms with Gasteiger partial charge in [-0.1, -0.05) is 12.1 Å². The second-order valence-corrected chi connectivity index (χ2v) is 4.70. The van der Waals surface area contributed by atoms with Gasteiger partial charge in [0.25, 0.3) is 0 Å². The summed E-state index contributed by atoms with van der Waals surface area (Å²) in [5, 5.41) is 14.0. The van der Waals surface area contributed by atoms with Crippen LogP contribution in [0.15, 0.2) is 48.5 Å². The minimum atomic E-state index is -0.458. The van der Waals surface area contributed by atoms with Gasteiger partial charge in [0, 0.05) is 17.4 Å². The van der Waals surface area contributed by atoms with E-state index < -0.39 is 11.8 Å². The van der Waals surface area contributed by atoms with Gasteiger partial charge in [-0.3, -0.25) is 9.59 Å². The van der Waals surface area contributed by atoms with Crippen LogP contribution >= 0.6 is 0 Å². The summed E-state index contributed by atoms with van der Waals surface area (Å²) in [6.07, 6.45) is -0.325. The summed E-state index contributed by atoms with van der Waals surface area (Å²) >= 11 is 0. The van der Waals surface area contributed by atoms with Crippen LogP contribution in [0.2, 0.25) is 0 Å². The molecule has 2 aromatic rings. The Morgan fingerprint density at radius 1 is 1.04 bits per heavy atom. The van der Waals surface area contributed by atoms with Gasteiger partial charge in [0.05, 0.1) is 18.7 Å². The van der Waals surface area contributed by atoms with E-state index in [2.05, 4.69) is 10.6 Å². The molecule has 6 nitrogen and oxygen atoms in total. The Labute approximate surface area is 133 Å². The maximum Gasteiger partial charge on any atom is 0.233 e. The van der Waals surface area contributed by atoms with Crippen molar-refractivity contribution in [1.82, 2.24) is 0 Å². The Hall–Kier alpha value is -3.33. The number of carbonyl (C=O) groups is 2. The van der Waals surface area contributed by atoms with Gasteiger partial charge < -0.3 is 15.4 Å². The first-order chi connectivity index (χ1) is 11.1. The highest BCUT2D eigenvalue weighted by atomic mass is 16.5. The van der Waals surface area contributed by atoms with Gasteiger partial charge in [-0.2, -0.15) is 5.26 Å². The number of carbonyl (C=O) groups excluding carboxylic acids is 2. The molecule has 0 unspecified atom stereocenters. The smallest absolute Gasteiger partial charge is 0.233 e. The number of anilines is 2. The van der Waals surface area contributed by atoms with Crippen molar-refractivity contribution in [1.29, 1.82) is 5.26 Å². The van der Waals surface area contributed by atoms with E-state index in [1.165, 1.54) is 13.2 Å². The maximum atomic E-state index is 11.9. The zero-order valence-electron chi connectivity index (χ0n) is 12.5. The van der Waals surface area contributed by atoms with Gasteiger partial charge in [-0.25, -0.2) is 0 Å². The number of nitrogens with one attached hydrogen (secondary N) is 2. The maximum absolute atomic E-state index is 11.9. The van der Waals surface area contributed by atoms with Crippen LogP contribution in [0, 0.1) is 11.3 Å². The molecule has 0 aliphatic rings. The molecule has 6 heteroatoms. The van der Waals surface area contributed by atoms with E-state index in [9.17, 15) is 9.59 Å². The Morgan fingerprint density at radius 3 is 2.26 bits per heavy atom. The fourth-order valence-electron chi connectivity index (χ4n) is 1.92. The molecule has 0 fully saturated rings. The summed E-state index contributed by atoms with van der Waals surface area (Å²) in [6, 6.07) is 15.3. The predicted octanol–water partition coefficient (Wildman–Crippen LogP) is 2.53. The highest BCUT2D eigenvalue weighted by Gasteiger charge is 2.10. The van der Waals surface area contributed by atoms with E-state index in [0.717, 1.165) is 0 Å². The summed E-state index contributed by atoms with van der Waals surface area (Å²) in [4.78, 5) is 23.7. The molecular weight excluding hydrogens is 294 g/mol. The molecule has 0 aliphatic carbocycles. The molecule has 0 spiro atoms. The summed E-state index contributed by atoms with van der Waals surface area (Å²) in [5.74, 6) is -0.284. The lowest BCUT2D eigenvalue weighted by atomic mass is 10.2. The third kappa shape index (κ3) is 4.86. The van der Waals surface area contributed by atoms with Crippen LogP contribution < -0.4 is 15.4 Å². The second-order valence-electron chi connectivity index (χ2n) is 4.70. The van der Waals surface area contributed by atoms with Gasteiger partial charge >= 0.3 is 0 Å². The number of nitriles is 1. The first-order valence-electron chi connectivity index (χ1n) is 6.84. The normalized spacial score (nSPS) is 9.57. The molecule has 0 saturated heterocycles. The Morgan fingerprint density at radius 2 is 1.65 bits per heavy atom. The highest BCUT2D eigenvalue weighted by molar-refractivity contribution is 6.08. The molecule has 0 aromatic heterocycles. The van der Waals surface area contributed by atoms with Crippen LogP contribution in [-0.2, 0) is 9.59 Å². The van der Waals surface area contributed by atoms with E-state index in [4.69, 9.17) is 10.00 Å². The van der Waals surface area contributed by atoms with Gasteiger partial charge in [-0.15, -0.1) is 0 Å². The van der Waals surface area contributed by atoms with Crippen molar-refractivity contribution in [2.45, 2.75) is 6.42 Å². The minimum absolute atomic E-state index is 0.325. The number of benzene rings is 2. The predicted molar refractivity (Wildman–Crippen MR) is 86.0 cm³/mol. The van der Waals surface area contributed by atoms with Gasteiger partial charge in [0.15, 0.2) is 0 Å². The standard InChI is InChI=1S/C17H15N3O3/c1-23-15-7-3-6-14(9-15)20-17(22)10-16(21)19-13-5-2-4-12(8-13)11-18/h2-9H,10H2,1H3,(H,19,21)(H,20,22). The number of nitrogens with zero attached hydrogens (tertiary/aromatic N) is 1. The number of amides is 2. The van der Waals surface area contributed by atoms with Crippen molar-refractivity contribution in [3.8, 4) is 11.8 Å². The number of ether oxygens (including phenoxy) is 1. The molecule has 0 radical (unpaired) electrons. The molecule has 0 saturated carbocycles. The van der Waals surface area contributed by atoms with E-state index in [0.29, 0.717) is 22.7 Å². The topological polar surface area (TPSA) is 91.2 Å². The van der Waals surface area contributed by atoms with E-state index >= 15 is 0 Å². The third-order valence-corrected chi connectivity index (χ3v) is 2.95. The third-order valence-electron chi connectivity index (χ3n) is 2.95.